The van der Waals surface area contributed by atoms with Gasteiger partial charge in [-0.2, -0.15) is 0 Å². The van der Waals surface area contributed by atoms with Crippen LogP contribution in [0.1, 0.15) is 74.5 Å². The van der Waals surface area contributed by atoms with Crippen molar-refractivity contribution in [1.82, 2.24) is 4.90 Å². The number of benzene rings is 3. The van der Waals surface area contributed by atoms with Gasteiger partial charge in [0.05, 0.1) is 31.5 Å². The average Bonchev–Trinajstić information content (AvgIpc) is 3.23. The molecule has 1 heterocycles. The number of aliphatic hydroxyl groups excluding tert-OH is 2. The molecular formula is C46H57FN2O9. The summed E-state index contributed by atoms with van der Waals surface area (Å²) in [6, 6.07) is 19.9. The summed E-state index contributed by atoms with van der Waals surface area (Å²) in [4.78, 5) is 22.0. The number of aliphatic hydroxyl groups is 2. The van der Waals surface area contributed by atoms with Gasteiger partial charge >= 0.3 is 6.09 Å². The highest BCUT2D eigenvalue weighted by molar-refractivity contribution is 6.03. The molecule has 3 N–H and O–H groups in total. The minimum absolute atomic E-state index is 0.00139. The molecule has 3 aromatic rings. The van der Waals surface area contributed by atoms with Crippen molar-refractivity contribution in [2.75, 3.05) is 39.6 Å². The molecule has 6 rings (SSSR count). The summed E-state index contributed by atoms with van der Waals surface area (Å²) in [5, 5.41) is 35.2. The number of fused-ring (bicyclic) bond motifs is 2. The Morgan fingerprint density at radius 2 is 1.76 bits per heavy atom. The number of hydrogen-bond acceptors (Lipinski definition) is 10. The van der Waals surface area contributed by atoms with E-state index in [0.29, 0.717) is 43.1 Å². The van der Waals surface area contributed by atoms with Crippen LogP contribution in [0, 0.1) is 23.6 Å². The second-order valence-corrected chi connectivity index (χ2v) is 15.1. The molecule has 2 aliphatic carbocycles. The molecule has 312 valence electrons. The number of halogens is 1. The predicted molar refractivity (Wildman–Crippen MR) is 218 cm³/mol. The molecule has 3 aliphatic rings. The highest BCUT2D eigenvalue weighted by Gasteiger charge is 2.65. The number of allylic oxidation sites excluding steroid dienone is 1. The zero-order valence-electron chi connectivity index (χ0n) is 33.3. The maximum absolute atomic E-state index is 14.6. The first-order valence-electron chi connectivity index (χ1n) is 20.5. The molecule has 0 aromatic heterocycles. The molecule has 1 amide bonds. The lowest BCUT2D eigenvalue weighted by Gasteiger charge is -2.59. The fourth-order valence-electron chi connectivity index (χ4n) is 8.92. The molecule has 1 saturated carbocycles. The summed E-state index contributed by atoms with van der Waals surface area (Å²) >= 11 is 0. The number of hydrogen-bond donors (Lipinski definition) is 3. The summed E-state index contributed by atoms with van der Waals surface area (Å²) in [5.41, 5.74) is 3.99. The monoisotopic (exact) mass is 800 g/mol. The lowest BCUT2D eigenvalue weighted by Crippen LogP contribution is -2.70. The van der Waals surface area contributed by atoms with Crippen molar-refractivity contribution < 1.29 is 48.3 Å². The maximum Gasteiger partial charge on any atom is 0.410 e. The fraction of sp³-hybridized carbons (Fsp3) is 0.478. The van der Waals surface area contributed by atoms with Crippen molar-refractivity contribution in [2.45, 2.75) is 82.8 Å². The normalized spacial score (nSPS) is 23.9. The predicted octanol–water partition coefficient (Wildman–Crippen LogP) is 8.04. The average molecular weight is 801 g/mol. The van der Waals surface area contributed by atoms with Gasteiger partial charge in [-0.05, 0) is 91.5 Å². The van der Waals surface area contributed by atoms with Crippen LogP contribution >= 0.6 is 0 Å². The van der Waals surface area contributed by atoms with Gasteiger partial charge in [0.1, 0.15) is 36.6 Å². The van der Waals surface area contributed by atoms with E-state index < -0.39 is 29.7 Å². The molecular weight excluding hydrogens is 744 g/mol. The molecule has 1 aliphatic heterocycles. The second kappa shape index (κ2) is 20.8. The van der Waals surface area contributed by atoms with E-state index in [1.165, 1.54) is 12.1 Å². The third-order valence-corrected chi connectivity index (χ3v) is 11.4. The Balaban J connectivity index is 1.48. The van der Waals surface area contributed by atoms with E-state index >= 15 is 0 Å². The number of unbranched alkanes of at least 4 members (excludes halogenated alkanes) is 2. The zero-order valence-corrected chi connectivity index (χ0v) is 33.3. The highest BCUT2D eigenvalue weighted by Crippen LogP contribution is 2.62. The summed E-state index contributed by atoms with van der Waals surface area (Å²) in [6.45, 7) is 6.90. The third-order valence-electron chi connectivity index (χ3n) is 11.4. The molecule has 3 aromatic carbocycles. The van der Waals surface area contributed by atoms with Crippen LogP contribution in [0.4, 0.5) is 9.18 Å². The van der Waals surface area contributed by atoms with Crippen molar-refractivity contribution in [3.8, 4) is 11.5 Å². The Bertz CT molecular complexity index is 1860. The summed E-state index contributed by atoms with van der Waals surface area (Å²) in [6.07, 6.45) is 7.83. The van der Waals surface area contributed by atoms with Crippen LogP contribution in [0.5, 0.6) is 11.5 Å². The Kier molecular flexibility index (Phi) is 15.4. The molecule has 0 spiro atoms. The number of phenolic OH excluding ortho intramolecular Hbond substituents is 1. The first-order chi connectivity index (χ1) is 28.3. The SMILES string of the molecule is C=CCO[C@@]12Oc3ccc(O)cc3[C@H]3[C@H](CCCCO)[C@@H](CCCCO)C=C(C(=NOCC)C[C@@H]1N(Cc1ccc(F)cc1)C(=O)OCCOCc1ccccc1)[C@H]32. The van der Waals surface area contributed by atoms with E-state index in [-0.39, 0.29) is 69.5 Å². The van der Waals surface area contributed by atoms with E-state index in [1.54, 1.807) is 41.3 Å². The number of phenols is 1. The molecule has 0 bridgehead atoms. The van der Waals surface area contributed by atoms with Crippen molar-refractivity contribution in [3.05, 3.63) is 120 Å². The highest BCUT2D eigenvalue weighted by atomic mass is 19.1. The number of rotatable bonds is 21. The third kappa shape index (κ3) is 9.91. The minimum atomic E-state index is -1.52. The van der Waals surface area contributed by atoms with Crippen molar-refractivity contribution >= 4 is 11.8 Å². The number of carbonyl (C=O) groups excluding carboxylic acids is 1. The fourth-order valence-corrected chi connectivity index (χ4v) is 8.92. The standard InChI is InChI=1S/C46H57FN2O9/c1-3-24-56-46-42(49(30-32-16-18-35(47)19-17-32)45(53)55-26-25-54-31-33-12-6-5-7-13-33)29-40(48-57-4-2)38-27-34(14-8-10-22-50)37(15-9-11-23-51)43(44(38)46)39-28-36(52)20-21-41(39)58-46/h3,5-7,12-13,16-21,27-28,34,37,42-44,50-52H,1,4,8-11,14-15,22-26,29-31H2,2H3/t34-,37+,42-,43+,44+,46+/m0/s1. The van der Waals surface area contributed by atoms with Gasteiger partial charge in [-0.3, -0.25) is 4.90 Å². The maximum atomic E-state index is 14.6. The van der Waals surface area contributed by atoms with Crippen LogP contribution in [-0.2, 0) is 32.2 Å². The van der Waals surface area contributed by atoms with E-state index in [1.807, 2.05) is 37.3 Å². The van der Waals surface area contributed by atoms with Gasteiger partial charge in [-0.25, -0.2) is 9.18 Å². The Morgan fingerprint density at radius 3 is 2.48 bits per heavy atom. The van der Waals surface area contributed by atoms with Gasteiger partial charge in [0, 0.05) is 37.7 Å². The quantitative estimate of drug-likeness (QED) is 0.0555. The van der Waals surface area contributed by atoms with E-state index in [4.69, 9.17) is 28.9 Å². The summed E-state index contributed by atoms with van der Waals surface area (Å²) in [5.74, 6) is -2.10. The van der Waals surface area contributed by atoms with Crippen LogP contribution in [-0.4, -0.2) is 83.5 Å². The second-order valence-electron chi connectivity index (χ2n) is 15.1. The first kappa shape index (κ1) is 42.8. The van der Waals surface area contributed by atoms with Crippen LogP contribution in [0.25, 0.3) is 0 Å². The van der Waals surface area contributed by atoms with Gasteiger partial charge in [0.15, 0.2) is 0 Å². The number of amides is 1. The van der Waals surface area contributed by atoms with Gasteiger partial charge in [-0.1, -0.05) is 72.6 Å². The Labute approximate surface area is 340 Å². The van der Waals surface area contributed by atoms with E-state index in [9.17, 15) is 24.5 Å². The number of nitrogens with zero attached hydrogens (tertiary/aromatic N) is 2. The lowest BCUT2D eigenvalue weighted by atomic mass is 9.55. The molecule has 58 heavy (non-hydrogen) atoms. The summed E-state index contributed by atoms with van der Waals surface area (Å²) < 4.78 is 40.1. The largest absolute Gasteiger partial charge is 0.508 e. The topological polar surface area (TPSA) is 140 Å². The van der Waals surface area contributed by atoms with E-state index in [0.717, 1.165) is 42.4 Å². The Morgan fingerprint density at radius 1 is 1.00 bits per heavy atom. The Hall–Kier alpha value is -4.75. The van der Waals surface area contributed by atoms with Gasteiger partial charge in [0.25, 0.3) is 0 Å². The van der Waals surface area contributed by atoms with Crippen LogP contribution in [0.3, 0.4) is 0 Å². The molecule has 0 saturated heterocycles. The number of aromatic hydroxyl groups is 1. The molecule has 0 unspecified atom stereocenters. The zero-order chi connectivity index (χ0) is 40.9. The first-order valence-corrected chi connectivity index (χ1v) is 20.5. The van der Waals surface area contributed by atoms with Gasteiger partial charge in [-0.15, -0.1) is 6.58 Å². The molecule has 11 nitrogen and oxygen atoms in total. The molecule has 12 heteroatoms. The lowest BCUT2D eigenvalue weighted by molar-refractivity contribution is -0.256. The molecule has 6 atom stereocenters. The van der Waals surface area contributed by atoms with Gasteiger partial charge < -0.3 is 39.1 Å². The van der Waals surface area contributed by atoms with Crippen molar-refractivity contribution in [2.24, 2.45) is 22.9 Å². The van der Waals surface area contributed by atoms with Crippen molar-refractivity contribution in [1.29, 1.82) is 0 Å². The number of ether oxygens (including phenoxy) is 4. The van der Waals surface area contributed by atoms with Crippen molar-refractivity contribution in [3.63, 3.8) is 0 Å². The molecule has 1 fully saturated rings. The van der Waals surface area contributed by atoms with Gasteiger partial charge in [0.2, 0.25) is 5.79 Å². The van der Waals surface area contributed by atoms with Crippen LogP contribution < -0.4 is 4.74 Å². The van der Waals surface area contributed by atoms with E-state index in [2.05, 4.69) is 12.7 Å². The van der Waals surface area contributed by atoms with Crippen LogP contribution in [0.15, 0.2) is 102 Å². The number of carbonyl (C=O) groups is 1. The number of oxime groups is 1. The minimum Gasteiger partial charge on any atom is -0.508 e. The summed E-state index contributed by atoms with van der Waals surface area (Å²) in [7, 11) is 0. The molecule has 0 radical (unpaired) electrons. The van der Waals surface area contributed by atoms with Crippen LogP contribution in [0.2, 0.25) is 0 Å². The smallest absolute Gasteiger partial charge is 0.410 e.